The largest absolute Gasteiger partial charge is 0.353 e. The van der Waals surface area contributed by atoms with Crippen LogP contribution in [0.5, 0.6) is 0 Å². The molecule has 3 N–H and O–H groups in total. The van der Waals surface area contributed by atoms with Crippen LogP contribution in [0.3, 0.4) is 0 Å². The lowest BCUT2D eigenvalue weighted by Gasteiger charge is -2.41. The quantitative estimate of drug-likeness (QED) is 0.535. The second kappa shape index (κ2) is 8.92. The molecule has 1 aliphatic heterocycles. The number of hydrogen-bond donors (Lipinski definition) is 3. The summed E-state index contributed by atoms with van der Waals surface area (Å²) in [6.45, 7) is 9.05. The summed E-state index contributed by atoms with van der Waals surface area (Å²) < 4.78 is 0. The van der Waals surface area contributed by atoms with Gasteiger partial charge in [0.1, 0.15) is 12.1 Å². The highest BCUT2D eigenvalue weighted by Crippen LogP contribution is 2.44. The van der Waals surface area contributed by atoms with Crippen LogP contribution in [0.4, 0.5) is 4.79 Å². The van der Waals surface area contributed by atoms with E-state index >= 15 is 0 Å². The molecule has 32 heavy (non-hydrogen) atoms. The summed E-state index contributed by atoms with van der Waals surface area (Å²) in [5.41, 5.74) is 0.652. The number of amides is 5. The number of carbonyl (C=O) groups excluding carboxylic acids is 4. The normalized spacial score (nSPS) is 19.9. The highest BCUT2D eigenvalue weighted by atomic mass is 16.2. The predicted molar refractivity (Wildman–Crippen MR) is 121 cm³/mol. The lowest BCUT2D eigenvalue weighted by Crippen LogP contribution is -2.54. The number of imide groups is 1. The molecule has 1 aromatic carbocycles. The SMILES string of the molecule is Cc1ccc(C2(C(=O)NCC(NC(=O)CN3C(=O)NC(C)(C)C3=O)C(C)C)CCC2)cc1. The fourth-order valence-corrected chi connectivity index (χ4v) is 4.23. The third kappa shape index (κ3) is 4.64. The molecule has 8 nitrogen and oxygen atoms in total. The number of rotatable bonds is 8. The summed E-state index contributed by atoms with van der Waals surface area (Å²) in [6.07, 6.45) is 2.62. The van der Waals surface area contributed by atoms with Crippen molar-refractivity contribution in [3.05, 3.63) is 35.4 Å². The van der Waals surface area contributed by atoms with Crippen molar-refractivity contribution < 1.29 is 19.2 Å². The monoisotopic (exact) mass is 442 g/mol. The lowest BCUT2D eigenvalue weighted by atomic mass is 9.63. The number of nitrogens with one attached hydrogen (secondary N) is 3. The van der Waals surface area contributed by atoms with E-state index in [0.717, 1.165) is 35.3 Å². The topological polar surface area (TPSA) is 108 Å². The Kier molecular flexibility index (Phi) is 6.62. The molecule has 174 valence electrons. The Labute approximate surface area is 189 Å². The first-order chi connectivity index (χ1) is 15.0. The van der Waals surface area contributed by atoms with Crippen LogP contribution in [0.25, 0.3) is 0 Å². The van der Waals surface area contributed by atoms with E-state index in [2.05, 4.69) is 16.0 Å². The number of benzene rings is 1. The molecule has 2 aliphatic rings. The van der Waals surface area contributed by atoms with Crippen LogP contribution in [-0.2, 0) is 19.8 Å². The summed E-state index contributed by atoms with van der Waals surface area (Å²) >= 11 is 0. The molecule has 1 aromatic rings. The highest BCUT2D eigenvalue weighted by molar-refractivity contribution is 6.08. The standard InChI is InChI=1S/C24H34N4O4/c1-15(2)18(26-19(29)14-28-21(31)23(4,5)27-22(28)32)13-25-20(30)24(11-6-12-24)17-9-7-16(3)8-10-17/h7-10,15,18H,6,11-14H2,1-5H3,(H,25,30)(H,26,29)(H,27,32). The zero-order valence-corrected chi connectivity index (χ0v) is 19.6. The second-order valence-corrected chi connectivity index (χ2v) is 9.88. The van der Waals surface area contributed by atoms with Crippen molar-refractivity contribution in [3.8, 4) is 0 Å². The van der Waals surface area contributed by atoms with E-state index in [9.17, 15) is 19.2 Å². The van der Waals surface area contributed by atoms with Gasteiger partial charge in [0.2, 0.25) is 11.8 Å². The zero-order chi connectivity index (χ0) is 23.7. The summed E-state index contributed by atoms with van der Waals surface area (Å²) in [6, 6.07) is 7.20. The Morgan fingerprint density at radius 3 is 2.22 bits per heavy atom. The van der Waals surface area contributed by atoms with Gasteiger partial charge in [0.25, 0.3) is 5.91 Å². The third-order valence-corrected chi connectivity index (χ3v) is 6.63. The lowest BCUT2D eigenvalue weighted by molar-refractivity contribution is -0.134. The molecule has 3 rings (SSSR count). The highest BCUT2D eigenvalue weighted by Gasteiger charge is 2.46. The van der Waals surface area contributed by atoms with Gasteiger partial charge in [-0.1, -0.05) is 50.1 Å². The first-order valence-electron chi connectivity index (χ1n) is 11.3. The fourth-order valence-electron chi connectivity index (χ4n) is 4.23. The summed E-state index contributed by atoms with van der Waals surface area (Å²) in [4.78, 5) is 51.0. The summed E-state index contributed by atoms with van der Waals surface area (Å²) in [5.74, 6) is -0.841. The molecule has 1 aliphatic carbocycles. The van der Waals surface area contributed by atoms with Gasteiger partial charge in [-0.05, 0) is 45.1 Å². The summed E-state index contributed by atoms with van der Waals surface area (Å²) in [7, 11) is 0. The van der Waals surface area contributed by atoms with Gasteiger partial charge in [-0.25, -0.2) is 4.79 Å². The Morgan fingerprint density at radius 2 is 1.75 bits per heavy atom. The number of nitrogens with zero attached hydrogens (tertiary/aromatic N) is 1. The molecule has 2 fully saturated rings. The van der Waals surface area contributed by atoms with Gasteiger partial charge in [0.05, 0.1) is 5.41 Å². The van der Waals surface area contributed by atoms with Gasteiger partial charge in [-0.3, -0.25) is 19.3 Å². The maximum atomic E-state index is 13.2. The van der Waals surface area contributed by atoms with Crippen LogP contribution in [0.15, 0.2) is 24.3 Å². The minimum Gasteiger partial charge on any atom is -0.353 e. The van der Waals surface area contributed by atoms with E-state index in [-0.39, 0.29) is 31.0 Å². The molecule has 1 atom stereocenters. The Morgan fingerprint density at radius 1 is 1.12 bits per heavy atom. The molecule has 1 saturated carbocycles. The van der Waals surface area contributed by atoms with Crippen LogP contribution in [0.1, 0.15) is 58.1 Å². The van der Waals surface area contributed by atoms with Crippen molar-refractivity contribution in [1.29, 1.82) is 0 Å². The molecule has 5 amide bonds. The Bertz CT molecular complexity index is 903. The van der Waals surface area contributed by atoms with Crippen LogP contribution >= 0.6 is 0 Å². The molecule has 0 bridgehead atoms. The second-order valence-electron chi connectivity index (χ2n) is 9.88. The van der Waals surface area contributed by atoms with Crippen LogP contribution < -0.4 is 16.0 Å². The first-order valence-corrected chi connectivity index (χ1v) is 11.3. The van der Waals surface area contributed by atoms with E-state index in [1.54, 1.807) is 13.8 Å². The molecular formula is C24H34N4O4. The van der Waals surface area contributed by atoms with Crippen molar-refractivity contribution in [1.82, 2.24) is 20.9 Å². The number of urea groups is 1. The van der Waals surface area contributed by atoms with Gasteiger partial charge in [0.15, 0.2) is 0 Å². The van der Waals surface area contributed by atoms with Gasteiger partial charge in [-0.15, -0.1) is 0 Å². The average Bonchev–Trinajstić information content (AvgIpc) is 2.87. The third-order valence-electron chi connectivity index (χ3n) is 6.63. The van der Waals surface area contributed by atoms with Crippen molar-refractivity contribution in [2.45, 2.75) is 70.9 Å². The number of hydrogen-bond acceptors (Lipinski definition) is 4. The predicted octanol–water partition coefficient (Wildman–Crippen LogP) is 2.00. The molecule has 1 unspecified atom stereocenters. The molecule has 1 heterocycles. The van der Waals surface area contributed by atoms with Crippen molar-refractivity contribution in [2.75, 3.05) is 13.1 Å². The fraction of sp³-hybridized carbons (Fsp3) is 0.583. The molecule has 0 radical (unpaired) electrons. The summed E-state index contributed by atoms with van der Waals surface area (Å²) in [5, 5.41) is 8.47. The molecular weight excluding hydrogens is 408 g/mol. The Hall–Kier alpha value is -2.90. The molecule has 0 spiro atoms. The minimum absolute atomic E-state index is 0.0247. The van der Waals surface area contributed by atoms with E-state index in [4.69, 9.17) is 0 Å². The van der Waals surface area contributed by atoms with Crippen molar-refractivity contribution >= 4 is 23.8 Å². The van der Waals surface area contributed by atoms with Crippen LogP contribution in [0, 0.1) is 12.8 Å². The average molecular weight is 443 g/mol. The van der Waals surface area contributed by atoms with Gasteiger partial charge in [-0.2, -0.15) is 0 Å². The molecule has 0 aromatic heterocycles. The first kappa shape index (κ1) is 23.8. The van der Waals surface area contributed by atoms with Gasteiger partial charge < -0.3 is 16.0 Å². The van der Waals surface area contributed by atoms with Crippen molar-refractivity contribution in [3.63, 3.8) is 0 Å². The van der Waals surface area contributed by atoms with E-state index in [0.29, 0.717) is 0 Å². The maximum absolute atomic E-state index is 13.2. The van der Waals surface area contributed by atoms with Crippen molar-refractivity contribution in [2.24, 2.45) is 5.92 Å². The van der Waals surface area contributed by atoms with Crippen LogP contribution in [-0.4, -0.2) is 53.3 Å². The molecule has 1 saturated heterocycles. The minimum atomic E-state index is -1.02. The van der Waals surface area contributed by atoms with Gasteiger partial charge in [0, 0.05) is 12.6 Å². The van der Waals surface area contributed by atoms with E-state index in [1.165, 1.54) is 0 Å². The number of aryl methyl sites for hydroxylation is 1. The number of carbonyl (C=O) groups is 4. The zero-order valence-electron chi connectivity index (χ0n) is 19.6. The smallest absolute Gasteiger partial charge is 0.325 e. The Balaban J connectivity index is 1.60. The van der Waals surface area contributed by atoms with Gasteiger partial charge >= 0.3 is 6.03 Å². The van der Waals surface area contributed by atoms with E-state index in [1.807, 2.05) is 45.0 Å². The maximum Gasteiger partial charge on any atom is 0.325 e. The molecule has 8 heteroatoms. The van der Waals surface area contributed by atoms with Crippen LogP contribution in [0.2, 0.25) is 0 Å². The van der Waals surface area contributed by atoms with E-state index < -0.39 is 28.8 Å².